The molecule has 20 heavy (non-hydrogen) atoms. The third-order valence-electron chi connectivity index (χ3n) is 3.15. The summed E-state index contributed by atoms with van der Waals surface area (Å²) in [4.78, 5) is 11.8. The second-order valence-electron chi connectivity index (χ2n) is 4.63. The number of nitrogens with one attached hydrogen (secondary N) is 1. The van der Waals surface area contributed by atoms with Crippen molar-refractivity contribution in [1.29, 1.82) is 0 Å². The van der Waals surface area contributed by atoms with Crippen molar-refractivity contribution < 1.29 is 9.18 Å². The Labute approximate surface area is 121 Å². The van der Waals surface area contributed by atoms with E-state index in [9.17, 15) is 9.18 Å². The number of hydrogen-bond acceptors (Lipinski definition) is 2. The first kappa shape index (κ1) is 14.3. The van der Waals surface area contributed by atoms with Crippen LogP contribution in [-0.4, -0.2) is 5.91 Å². The molecule has 1 unspecified atom stereocenters. The van der Waals surface area contributed by atoms with Gasteiger partial charge in [-0.2, -0.15) is 0 Å². The predicted octanol–water partition coefficient (Wildman–Crippen LogP) is 3.29. The maximum atomic E-state index is 12.9. The Balaban J connectivity index is 2.37. The van der Waals surface area contributed by atoms with Crippen molar-refractivity contribution in [2.24, 2.45) is 5.73 Å². The highest BCUT2D eigenvalue weighted by Crippen LogP contribution is 2.27. The number of amides is 1. The summed E-state index contributed by atoms with van der Waals surface area (Å²) in [7, 11) is 0. The summed E-state index contributed by atoms with van der Waals surface area (Å²) in [5, 5.41) is 3.61. The largest absolute Gasteiger partial charge is 0.368 e. The van der Waals surface area contributed by atoms with Gasteiger partial charge in [0.2, 0.25) is 5.91 Å². The second kappa shape index (κ2) is 5.51. The van der Waals surface area contributed by atoms with Crippen LogP contribution in [0.3, 0.4) is 0 Å². The SMILES string of the molecule is CC(Nc1ccc(F)cc1)(C(N)=O)c1ccc(Cl)cc1. The fraction of sp³-hybridized carbons (Fsp3) is 0.133. The first-order valence-corrected chi connectivity index (χ1v) is 6.39. The van der Waals surface area contributed by atoms with Gasteiger partial charge < -0.3 is 11.1 Å². The van der Waals surface area contributed by atoms with Crippen LogP contribution in [-0.2, 0) is 10.3 Å². The summed E-state index contributed by atoms with van der Waals surface area (Å²) in [5.74, 6) is -0.882. The fourth-order valence-electron chi connectivity index (χ4n) is 1.88. The Morgan fingerprint density at radius 3 is 2.20 bits per heavy atom. The lowest BCUT2D eigenvalue weighted by Gasteiger charge is -2.29. The zero-order valence-corrected chi connectivity index (χ0v) is 11.6. The van der Waals surface area contributed by atoms with Gasteiger partial charge in [-0.3, -0.25) is 4.79 Å². The molecule has 3 N–H and O–H groups in total. The molecule has 2 aromatic carbocycles. The highest BCUT2D eigenvalue weighted by Gasteiger charge is 2.33. The third-order valence-corrected chi connectivity index (χ3v) is 3.40. The van der Waals surface area contributed by atoms with E-state index in [0.29, 0.717) is 16.3 Å². The normalized spacial score (nSPS) is 13.6. The third kappa shape index (κ3) is 2.91. The molecule has 0 fully saturated rings. The molecule has 0 saturated carbocycles. The van der Waals surface area contributed by atoms with Gasteiger partial charge in [0.25, 0.3) is 0 Å². The summed E-state index contributed by atoms with van der Waals surface area (Å²) >= 11 is 5.84. The van der Waals surface area contributed by atoms with Crippen LogP contribution >= 0.6 is 11.6 Å². The van der Waals surface area contributed by atoms with E-state index in [0.717, 1.165) is 0 Å². The van der Waals surface area contributed by atoms with E-state index in [-0.39, 0.29) is 5.82 Å². The molecule has 0 spiro atoms. The molecule has 0 aliphatic heterocycles. The number of carbonyl (C=O) groups is 1. The number of carbonyl (C=O) groups excluding carboxylic acids is 1. The van der Waals surface area contributed by atoms with Crippen LogP contribution < -0.4 is 11.1 Å². The number of nitrogens with two attached hydrogens (primary N) is 1. The molecular weight excluding hydrogens is 279 g/mol. The molecular formula is C15H14ClFN2O. The van der Waals surface area contributed by atoms with Crippen LogP contribution in [0.1, 0.15) is 12.5 Å². The summed E-state index contributed by atoms with van der Waals surface area (Å²) < 4.78 is 12.9. The molecule has 2 rings (SSSR count). The number of rotatable bonds is 4. The second-order valence-corrected chi connectivity index (χ2v) is 5.06. The molecule has 3 nitrogen and oxygen atoms in total. The van der Waals surface area contributed by atoms with E-state index in [1.165, 1.54) is 12.1 Å². The highest BCUT2D eigenvalue weighted by atomic mass is 35.5. The van der Waals surface area contributed by atoms with Crippen LogP contribution in [0.4, 0.5) is 10.1 Å². The molecule has 1 amide bonds. The molecule has 104 valence electrons. The Morgan fingerprint density at radius 1 is 1.15 bits per heavy atom. The lowest BCUT2D eigenvalue weighted by molar-refractivity contribution is -0.122. The molecule has 0 aromatic heterocycles. The minimum Gasteiger partial charge on any atom is -0.368 e. The van der Waals surface area contributed by atoms with Crippen LogP contribution in [0, 0.1) is 5.82 Å². The molecule has 5 heteroatoms. The number of hydrogen-bond donors (Lipinski definition) is 2. The van der Waals surface area contributed by atoms with E-state index >= 15 is 0 Å². The lowest BCUT2D eigenvalue weighted by Crippen LogP contribution is -2.45. The predicted molar refractivity (Wildman–Crippen MR) is 78.0 cm³/mol. The van der Waals surface area contributed by atoms with Gasteiger partial charge in [-0.1, -0.05) is 23.7 Å². The maximum absolute atomic E-state index is 12.9. The summed E-state index contributed by atoms with van der Waals surface area (Å²) in [6.45, 7) is 1.67. The summed E-state index contributed by atoms with van der Waals surface area (Å²) in [6, 6.07) is 12.5. The van der Waals surface area contributed by atoms with E-state index in [1.54, 1.807) is 43.3 Å². The molecule has 0 bridgehead atoms. The van der Waals surface area contributed by atoms with E-state index in [2.05, 4.69) is 5.32 Å². The van der Waals surface area contributed by atoms with Crippen molar-refractivity contribution in [3.63, 3.8) is 0 Å². The van der Waals surface area contributed by atoms with E-state index < -0.39 is 11.4 Å². The lowest BCUT2D eigenvalue weighted by atomic mass is 9.91. The van der Waals surface area contributed by atoms with Gasteiger partial charge in [0.05, 0.1) is 0 Å². The Bertz CT molecular complexity index is 613. The van der Waals surface area contributed by atoms with Gasteiger partial charge in [-0.15, -0.1) is 0 Å². The van der Waals surface area contributed by atoms with Crippen molar-refractivity contribution in [3.8, 4) is 0 Å². The van der Waals surface area contributed by atoms with Crippen molar-refractivity contribution in [2.45, 2.75) is 12.5 Å². The molecule has 0 saturated heterocycles. The summed E-state index contributed by atoms with van der Waals surface area (Å²) in [6.07, 6.45) is 0. The number of primary amides is 1. The minimum absolute atomic E-state index is 0.345. The van der Waals surface area contributed by atoms with E-state index in [1.807, 2.05) is 0 Å². The quantitative estimate of drug-likeness (QED) is 0.908. The minimum atomic E-state index is -1.11. The van der Waals surface area contributed by atoms with Crippen LogP contribution in [0.15, 0.2) is 48.5 Å². The van der Waals surface area contributed by atoms with Gasteiger partial charge in [0.1, 0.15) is 11.4 Å². The van der Waals surface area contributed by atoms with Gasteiger partial charge >= 0.3 is 0 Å². The summed E-state index contributed by atoms with van der Waals surface area (Å²) in [5.41, 5.74) is 5.68. The van der Waals surface area contributed by atoms with Crippen molar-refractivity contribution in [3.05, 3.63) is 64.9 Å². The van der Waals surface area contributed by atoms with Crippen LogP contribution in [0.25, 0.3) is 0 Å². The monoisotopic (exact) mass is 292 g/mol. The van der Waals surface area contributed by atoms with E-state index in [4.69, 9.17) is 17.3 Å². The molecule has 0 radical (unpaired) electrons. The van der Waals surface area contributed by atoms with Gasteiger partial charge in [0, 0.05) is 10.7 Å². The highest BCUT2D eigenvalue weighted by molar-refractivity contribution is 6.30. The average Bonchev–Trinajstić information content (AvgIpc) is 2.42. The topological polar surface area (TPSA) is 55.1 Å². The van der Waals surface area contributed by atoms with Crippen molar-refractivity contribution >= 4 is 23.2 Å². The maximum Gasteiger partial charge on any atom is 0.247 e. The molecule has 0 aliphatic carbocycles. The Hall–Kier alpha value is -2.07. The standard InChI is InChI=1S/C15H14ClFN2O/c1-15(14(18)20,10-2-4-11(16)5-3-10)19-13-8-6-12(17)7-9-13/h2-9,19H,1H3,(H2,18,20). The molecule has 0 aliphatic rings. The molecule has 0 heterocycles. The zero-order chi connectivity index (χ0) is 14.8. The first-order valence-electron chi connectivity index (χ1n) is 6.01. The molecule has 2 aromatic rings. The first-order chi connectivity index (χ1) is 9.41. The van der Waals surface area contributed by atoms with Crippen LogP contribution in [0.5, 0.6) is 0 Å². The van der Waals surface area contributed by atoms with Gasteiger partial charge in [-0.25, -0.2) is 4.39 Å². The Morgan fingerprint density at radius 2 is 1.70 bits per heavy atom. The van der Waals surface area contributed by atoms with Gasteiger partial charge in [0.15, 0.2) is 0 Å². The number of anilines is 1. The van der Waals surface area contributed by atoms with Gasteiger partial charge in [-0.05, 0) is 48.9 Å². The van der Waals surface area contributed by atoms with Crippen molar-refractivity contribution in [1.82, 2.24) is 0 Å². The zero-order valence-electron chi connectivity index (χ0n) is 10.9. The van der Waals surface area contributed by atoms with Crippen molar-refractivity contribution in [2.75, 3.05) is 5.32 Å². The number of halogens is 2. The Kier molecular flexibility index (Phi) is 3.95. The fourth-order valence-corrected chi connectivity index (χ4v) is 2.01. The smallest absolute Gasteiger partial charge is 0.247 e. The average molecular weight is 293 g/mol. The number of benzene rings is 2. The van der Waals surface area contributed by atoms with Crippen LogP contribution in [0.2, 0.25) is 5.02 Å². The molecule has 1 atom stereocenters.